The van der Waals surface area contributed by atoms with Crippen molar-refractivity contribution in [3.8, 4) is 0 Å². The summed E-state index contributed by atoms with van der Waals surface area (Å²) < 4.78 is 5.30. The monoisotopic (exact) mass is 273 g/mol. The summed E-state index contributed by atoms with van der Waals surface area (Å²) in [5, 5.41) is 2.90. The molecule has 1 atom stereocenters. The van der Waals surface area contributed by atoms with E-state index >= 15 is 0 Å². The molecule has 1 N–H and O–H groups in total. The van der Waals surface area contributed by atoms with Crippen LogP contribution in [0, 0.1) is 0 Å². The number of allylic oxidation sites excluding steroid dienone is 2. The Morgan fingerprint density at radius 1 is 1.35 bits per heavy atom. The van der Waals surface area contributed by atoms with Crippen molar-refractivity contribution in [1.82, 2.24) is 5.32 Å². The van der Waals surface area contributed by atoms with E-state index in [0.717, 1.165) is 5.56 Å². The molecule has 0 aliphatic carbocycles. The van der Waals surface area contributed by atoms with Crippen LogP contribution in [-0.2, 0) is 4.74 Å². The van der Waals surface area contributed by atoms with E-state index in [1.165, 1.54) is 0 Å². The maximum absolute atomic E-state index is 11.9. The number of hydrogen-bond acceptors (Lipinski definition) is 2. The molecular weight excluding hydrogens is 250 g/mol. The minimum Gasteiger partial charge on any atom is -0.444 e. The Hall–Kier alpha value is -2.03. The molecule has 1 amide bonds. The molecule has 0 radical (unpaired) electrons. The van der Waals surface area contributed by atoms with Gasteiger partial charge in [0.15, 0.2) is 0 Å². The number of hydrogen-bond donors (Lipinski definition) is 1. The molecule has 20 heavy (non-hydrogen) atoms. The molecule has 0 unspecified atom stereocenters. The largest absolute Gasteiger partial charge is 0.444 e. The Morgan fingerprint density at radius 2 is 2.00 bits per heavy atom. The van der Waals surface area contributed by atoms with Gasteiger partial charge in [-0.3, -0.25) is 0 Å². The van der Waals surface area contributed by atoms with Crippen LogP contribution in [0.1, 0.15) is 38.8 Å². The molecule has 1 aromatic carbocycles. The van der Waals surface area contributed by atoms with Crippen molar-refractivity contribution in [3.05, 3.63) is 60.7 Å². The minimum atomic E-state index is -0.498. The highest BCUT2D eigenvalue weighted by Crippen LogP contribution is 2.18. The maximum atomic E-state index is 11.9. The van der Waals surface area contributed by atoms with Gasteiger partial charge in [-0.1, -0.05) is 55.1 Å². The highest BCUT2D eigenvalue weighted by Gasteiger charge is 2.19. The third kappa shape index (κ3) is 6.23. The molecule has 3 heteroatoms. The molecule has 3 nitrogen and oxygen atoms in total. The molecule has 1 aromatic rings. The van der Waals surface area contributed by atoms with Crippen molar-refractivity contribution in [2.75, 3.05) is 0 Å². The van der Waals surface area contributed by atoms with E-state index in [-0.39, 0.29) is 6.04 Å². The van der Waals surface area contributed by atoms with Gasteiger partial charge in [0.25, 0.3) is 0 Å². The lowest BCUT2D eigenvalue weighted by Crippen LogP contribution is -2.34. The van der Waals surface area contributed by atoms with Crippen LogP contribution >= 0.6 is 0 Å². The van der Waals surface area contributed by atoms with Gasteiger partial charge in [0.1, 0.15) is 5.60 Å². The van der Waals surface area contributed by atoms with Crippen molar-refractivity contribution in [3.63, 3.8) is 0 Å². The van der Waals surface area contributed by atoms with Gasteiger partial charge in [0, 0.05) is 0 Å². The second-order valence-corrected chi connectivity index (χ2v) is 5.51. The van der Waals surface area contributed by atoms with E-state index in [9.17, 15) is 4.79 Å². The van der Waals surface area contributed by atoms with E-state index < -0.39 is 11.7 Å². The molecule has 108 valence electrons. The van der Waals surface area contributed by atoms with Gasteiger partial charge < -0.3 is 10.1 Å². The quantitative estimate of drug-likeness (QED) is 0.808. The van der Waals surface area contributed by atoms with E-state index in [0.29, 0.717) is 6.42 Å². The lowest BCUT2D eigenvalue weighted by atomic mass is 10.0. The molecular formula is C17H23NO2. The number of amides is 1. The summed E-state index contributed by atoms with van der Waals surface area (Å²) >= 11 is 0. The first-order valence-corrected chi connectivity index (χ1v) is 6.74. The predicted molar refractivity (Wildman–Crippen MR) is 82.5 cm³/mol. The van der Waals surface area contributed by atoms with Gasteiger partial charge in [-0.05, 0) is 32.8 Å². The number of carbonyl (C=O) groups excluding carboxylic acids is 1. The van der Waals surface area contributed by atoms with Crippen LogP contribution < -0.4 is 5.32 Å². The summed E-state index contributed by atoms with van der Waals surface area (Å²) in [5.74, 6) is 0. The number of ether oxygens (including phenoxy) is 1. The third-order valence-electron chi connectivity index (χ3n) is 2.54. The van der Waals surface area contributed by atoms with Gasteiger partial charge in [-0.25, -0.2) is 4.79 Å². The van der Waals surface area contributed by atoms with Gasteiger partial charge in [0.2, 0.25) is 0 Å². The molecule has 0 aliphatic rings. The van der Waals surface area contributed by atoms with Gasteiger partial charge in [-0.2, -0.15) is 0 Å². The second kappa shape index (κ2) is 7.53. The summed E-state index contributed by atoms with van der Waals surface area (Å²) in [4.78, 5) is 11.9. The average Bonchev–Trinajstić information content (AvgIpc) is 2.37. The first kappa shape index (κ1) is 16.0. The molecule has 0 saturated carbocycles. The molecule has 0 fully saturated rings. The zero-order valence-electron chi connectivity index (χ0n) is 12.4. The van der Waals surface area contributed by atoms with Gasteiger partial charge >= 0.3 is 6.09 Å². The van der Waals surface area contributed by atoms with Crippen LogP contribution in [0.5, 0.6) is 0 Å². The van der Waals surface area contributed by atoms with E-state index in [2.05, 4.69) is 11.9 Å². The first-order valence-electron chi connectivity index (χ1n) is 6.74. The first-order chi connectivity index (χ1) is 9.42. The second-order valence-electron chi connectivity index (χ2n) is 5.51. The van der Waals surface area contributed by atoms with Crippen molar-refractivity contribution in [1.29, 1.82) is 0 Å². The fourth-order valence-corrected chi connectivity index (χ4v) is 1.72. The average molecular weight is 273 g/mol. The van der Waals surface area contributed by atoms with Crippen LogP contribution in [0.4, 0.5) is 4.79 Å². The summed E-state index contributed by atoms with van der Waals surface area (Å²) in [5.41, 5.74) is 0.550. The van der Waals surface area contributed by atoms with Gasteiger partial charge in [-0.15, -0.1) is 0 Å². The highest BCUT2D eigenvalue weighted by molar-refractivity contribution is 5.68. The van der Waals surface area contributed by atoms with Crippen molar-refractivity contribution >= 4 is 6.09 Å². The highest BCUT2D eigenvalue weighted by atomic mass is 16.6. The Morgan fingerprint density at radius 3 is 2.55 bits per heavy atom. The number of alkyl carbamates (subject to hydrolysis) is 1. The third-order valence-corrected chi connectivity index (χ3v) is 2.54. The Balaban J connectivity index is 2.75. The molecule has 0 bridgehead atoms. The van der Waals surface area contributed by atoms with E-state index in [4.69, 9.17) is 4.74 Å². The van der Waals surface area contributed by atoms with Crippen molar-refractivity contribution in [2.45, 2.75) is 38.8 Å². The molecule has 0 spiro atoms. The van der Waals surface area contributed by atoms with Crippen molar-refractivity contribution < 1.29 is 9.53 Å². The van der Waals surface area contributed by atoms with Crippen LogP contribution in [0.3, 0.4) is 0 Å². The number of benzene rings is 1. The standard InChI is InChI=1S/C17H23NO2/c1-5-6-8-13-15(14-11-9-7-10-12-14)18-16(19)20-17(2,3)4/h5-12,15H,1,13H2,2-4H3,(H,18,19)/b8-6-/t15-/m1/s1. The van der Waals surface area contributed by atoms with E-state index in [1.807, 2.05) is 63.3 Å². The zero-order valence-corrected chi connectivity index (χ0v) is 12.4. The Kier molecular flexibility index (Phi) is 6.04. The van der Waals surface area contributed by atoms with Crippen LogP contribution in [-0.4, -0.2) is 11.7 Å². The normalized spacial score (nSPS) is 12.9. The SMILES string of the molecule is C=C/C=C\C[C@@H](NC(=O)OC(C)(C)C)c1ccccc1. The van der Waals surface area contributed by atoms with Gasteiger partial charge in [0.05, 0.1) is 6.04 Å². The molecule has 0 aromatic heterocycles. The fourth-order valence-electron chi connectivity index (χ4n) is 1.72. The predicted octanol–water partition coefficient (Wildman–Crippen LogP) is 4.38. The summed E-state index contributed by atoms with van der Waals surface area (Å²) in [7, 11) is 0. The summed E-state index contributed by atoms with van der Waals surface area (Å²) in [6.45, 7) is 9.19. The Labute approximate surface area is 121 Å². The topological polar surface area (TPSA) is 38.3 Å². The minimum absolute atomic E-state index is 0.109. The van der Waals surface area contributed by atoms with Crippen LogP contribution in [0.2, 0.25) is 0 Å². The Bertz CT molecular complexity index is 458. The van der Waals surface area contributed by atoms with Crippen molar-refractivity contribution in [2.24, 2.45) is 0 Å². The lowest BCUT2D eigenvalue weighted by Gasteiger charge is -2.23. The van der Waals surface area contributed by atoms with Crippen LogP contribution in [0.15, 0.2) is 55.1 Å². The molecule has 0 aliphatic heterocycles. The molecule has 0 saturated heterocycles. The lowest BCUT2D eigenvalue weighted by molar-refractivity contribution is 0.0504. The smallest absolute Gasteiger partial charge is 0.408 e. The summed E-state index contributed by atoms with van der Waals surface area (Å²) in [6.07, 6.45) is 5.85. The number of rotatable bonds is 5. The van der Waals surface area contributed by atoms with E-state index in [1.54, 1.807) is 6.08 Å². The van der Waals surface area contributed by atoms with Crippen LogP contribution in [0.25, 0.3) is 0 Å². The molecule has 1 rings (SSSR count). The molecule has 0 heterocycles. The zero-order chi connectivity index (χ0) is 15.0. The maximum Gasteiger partial charge on any atom is 0.408 e. The number of nitrogens with one attached hydrogen (secondary N) is 1. The number of carbonyl (C=O) groups is 1. The summed E-state index contributed by atoms with van der Waals surface area (Å²) in [6, 6.07) is 9.73. The fraction of sp³-hybridized carbons (Fsp3) is 0.353.